The molecule has 0 saturated heterocycles. The van der Waals surface area contributed by atoms with E-state index in [1.54, 1.807) is 0 Å². The normalized spacial score (nSPS) is 17.9. The zero-order valence-electron chi connectivity index (χ0n) is 11.0. The average molecular weight is 227 g/mol. The molecule has 16 heavy (non-hydrogen) atoms. The van der Waals surface area contributed by atoms with Crippen LogP contribution in [0.2, 0.25) is 0 Å². The van der Waals surface area contributed by atoms with E-state index in [0.717, 1.165) is 32.5 Å². The summed E-state index contributed by atoms with van der Waals surface area (Å²) in [5, 5.41) is 0. The van der Waals surface area contributed by atoms with Gasteiger partial charge in [-0.2, -0.15) is 0 Å². The molecule has 1 fully saturated rings. The summed E-state index contributed by atoms with van der Waals surface area (Å²) in [6.45, 7) is 6.75. The Labute approximate surface area is 98.8 Å². The summed E-state index contributed by atoms with van der Waals surface area (Å²) in [4.78, 5) is 16.2. The van der Waals surface area contributed by atoms with Crippen LogP contribution in [0.15, 0.2) is 0 Å². The van der Waals surface area contributed by atoms with E-state index in [1.165, 1.54) is 0 Å². The lowest BCUT2D eigenvalue weighted by Gasteiger charge is -2.28. The molecule has 1 saturated carbocycles. The SMILES string of the molecule is CC(C)CN(CCN(C)C)C(=O)C1(N)CC1. The van der Waals surface area contributed by atoms with Crippen molar-refractivity contribution in [2.45, 2.75) is 32.2 Å². The molecule has 4 nitrogen and oxygen atoms in total. The topological polar surface area (TPSA) is 49.6 Å². The van der Waals surface area contributed by atoms with Crippen molar-refractivity contribution in [1.82, 2.24) is 9.80 Å². The van der Waals surface area contributed by atoms with Gasteiger partial charge in [-0.3, -0.25) is 4.79 Å². The summed E-state index contributed by atoms with van der Waals surface area (Å²) < 4.78 is 0. The van der Waals surface area contributed by atoms with Crippen LogP contribution in [0.3, 0.4) is 0 Å². The minimum absolute atomic E-state index is 0.142. The Morgan fingerprint density at radius 3 is 2.25 bits per heavy atom. The zero-order valence-corrected chi connectivity index (χ0v) is 11.0. The van der Waals surface area contributed by atoms with Crippen LogP contribution >= 0.6 is 0 Å². The van der Waals surface area contributed by atoms with Gasteiger partial charge in [-0.25, -0.2) is 0 Å². The van der Waals surface area contributed by atoms with Crippen molar-refractivity contribution in [3.63, 3.8) is 0 Å². The van der Waals surface area contributed by atoms with Gasteiger partial charge in [0.1, 0.15) is 0 Å². The molecule has 1 aliphatic carbocycles. The summed E-state index contributed by atoms with van der Waals surface area (Å²) >= 11 is 0. The van der Waals surface area contributed by atoms with Gasteiger partial charge in [0, 0.05) is 19.6 Å². The minimum atomic E-state index is -0.527. The molecule has 1 aliphatic rings. The summed E-state index contributed by atoms with van der Waals surface area (Å²) in [7, 11) is 4.04. The van der Waals surface area contributed by atoms with E-state index >= 15 is 0 Å². The van der Waals surface area contributed by atoms with Gasteiger partial charge in [-0.1, -0.05) is 13.8 Å². The molecule has 0 unspecified atom stereocenters. The lowest BCUT2D eigenvalue weighted by Crippen LogP contribution is -2.48. The predicted octanol–water partition coefficient (Wildman–Crippen LogP) is 0.524. The Kier molecular flexibility index (Phi) is 4.33. The lowest BCUT2D eigenvalue weighted by molar-refractivity contribution is -0.134. The first-order chi connectivity index (χ1) is 7.35. The quantitative estimate of drug-likeness (QED) is 0.720. The highest BCUT2D eigenvalue weighted by molar-refractivity contribution is 5.89. The van der Waals surface area contributed by atoms with Crippen molar-refractivity contribution in [2.75, 3.05) is 33.7 Å². The number of hydrogen-bond donors (Lipinski definition) is 1. The maximum atomic E-state index is 12.2. The van der Waals surface area contributed by atoms with Crippen LogP contribution in [0.4, 0.5) is 0 Å². The van der Waals surface area contributed by atoms with E-state index in [1.807, 2.05) is 19.0 Å². The van der Waals surface area contributed by atoms with E-state index < -0.39 is 5.54 Å². The van der Waals surface area contributed by atoms with E-state index in [9.17, 15) is 4.79 Å². The van der Waals surface area contributed by atoms with Gasteiger partial charge in [-0.05, 0) is 32.9 Å². The molecule has 2 N–H and O–H groups in total. The van der Waals surface area contributed by atoms with Gasteiger partial charge < -0.3 is 15.5 Å². The lowest BCUT2D eigenvalue weighted by atomic mass is 10.1. The van der Waals surface area contributed by atoms with E-state index in [0.29, 0.717) is 5.92 Å². The maximum absolute atomic E-state index is 12.2. The Bertz CT molecular complexity index is 247. The predicted molar refractivity (Wildman–Crippen MR) is 66.1 cm³/mol. The Hall–Kier alpha value is -0.610. The molecule has 0 aromatic carbocycles. The molecule has 4 heteroatoms. The fourth-order valence-electron chi connectivity index (χ4n) is 1.70. The van der Waals surface area contributed by atoms with Crippen molar-refractivity contribution >= 4 is 5.91 Å². The second kappa shape index (κ2) is 5.15. The molecular formula is C12H25N3O. The molecule has 0 spiro atoms. The summed E-state index contributed by atoms with van der Waals surface area (Å²) in [6, 6.07) is 0. The number of rotatable bonds is 6. The number of hydrogen-bond acceptors (Lipinski definition) is 3. The van der Waals surface area contributed by atoms with Crippen LogP contribution in [0.25, 0.3) is 0 Å². The standard InChI is InChI=1S/C12H25N3O/c1-10(2)9-15(8-7-14(3)4)11(16)12(13)5-6-12/h10H,5-9,13H2,1-4H3. The first kappa shape index (κ1) is 13.5. The Balaban J connectivity index is 2.52. The maximum Gasteiger partial charge on any atom is 0.242 e. The van der Waals surface area contributed by atoms with Crippen LogP contribution in [0.1, 0.15) is 26.7 Å². The number of likely N-dealkylation sites (N-methyl/N-ethyl adjacent to an activating group) is 1. The van der Waals surface area contributed by atoms with Crippen LogP contribution in [0, 0.1) is 5.92 Å². The van der Waals surface area contributed by atoms with Crippen LogP contribution < -0.4 is 5.73 Å². The van der Waals surface area contributed by atoms with Crippen molar-refractivity contribution in [3.8, 4) is 0 Å². The molecule has 1 rings (SSSR count). The van der Waals surface area contributed by atoms with E-state index in [2.05, 4.69) is 18.7 Å². The fraction of sp³-hybridized carbons (Fsp3) is 0.917. The largest absolute Gasteiger partial charge is 0.340 e. The fourth-order valence-corrected chi connectivity index (χ4v) is 1.70. The first-order valence-corrected chi connectivity index (χ1v) is 6.08. The number of amides is 1. The van der Waals surface area contributed by atoms with Gasteiger partial charge in [-0.15, -0.1) is 0 Å². The Morgan fingerprint density at radius 2 is 1.88 bits per heavy atom. The third-order valence-electron chi connectivity index (χ3n) is 2.90. The molecule has 0 atom stereocenters. The zero-order chi connectivity index (χ0) is 12.3. The van der Waals surface area contributed by atoms with Gasteiger partial charge in [0.25, 0.3) is 0 Å². The molecule has 94 valence electrons. The summed E-state index contributed by atoms with van der Waals surface area (Å²) in [5.74, 6) is 0.636. The first-order valence-electron chi connectivity index (χ1n) is 6.08. The van der Waals surface area contributed by atoms with Gasteiger partial charge >= 0.3 is 0 Å². The third-order valence-corrected chi connectivity index (χ3v) is 2.90. The van der Waals surface area contributed by atoms with Crippen molar-refractivity contribution in [3.05, 3.63) is 0 Å². The molecule has 0 bridgehead atoms. The second-order valence-electron chi connectivity index (χ2n) is 5.60. The van der Waals surface area contributed by atoms with Gasteiger partial charge in [0.15, 0.2) is 0 Å². The van der Waals surface area contributed by atoms with Crippen molar-refractivity contribution < 1.29 is 4.79 Å². The smallest absolute Gasteiger partial charge is 0.242 e. The van der Waals surface area contributed by atoms with Crippen molar-refractivity contribution in [1.29, 1.82) is 0 Å². The molecular weight excluding hydrogens is 202 g/mol. The third kappa shape index (κ3) is 3.76. The van der Waals surface area contributed by atoms with Gasteiger partial charge in [0.2, 0.25) is 5.91 Å². The highest BCUT2D eigenvalue weighted by atomic mass is 16.2. The monoisotopic (exact) mass is 227 g/mol. The van der Waals surface area contributed by atoms with Crippen LogP contribution in [-0.2, 0) is 4.79 Å². The van der Waals surface area contributed by atoms with Gasteiger partial charge in [0.05, 0.1) is 5.54 Å². The molecule has 0 heterocycles. The molecule has 0 aliphatic heterocycles. The number of nitrogens with two attached hydrogens (primary N) is 1. The number of nitrogens with zero attached hydrogens (tertiary/aromatic N) is 2. The molecule has 0 aromatic rings. The molecule has 0 radical (unpaired) electrons. The van der Waals surface area contributed by atoms with Crippen molar-refractivity contribution in [2.24, 2.45) is 11.7 Å². The summed E-state index contributed by atoms with van der Waals surface area (Å²) in [5.41, 5.74) is 5.44. The highest BCUT2D eigenvalue weighted by Gasteiger charge is 2.48. The van der Waals surface area contributed by atoms with E-state index in [-0.39, 0.29) is 5.91 Å². The average Bonchev–Trinajstić information content (AvgIpc) is 2.90. The second-order valence-corrected chi connectivity index (χ2v) is 5.60. The van der Waals surface area contributed by atoms with Crippen LogP contribution in [0.5, 0.6) is 0 Å². The number of carbonyl (C=O) groups is 1. The van der Waals surface area contributed by atoms with Crippen LogP contribution in [-0.4, -0.2) is 55.0 Å². The Morgan fingerprint density at radius 1 is 1.31 bits per heavy atom. The van der Waals surface area contributed by atoms with E-state index in [4.69, 9.17) is 5.73 Å². The minimum Gasteiger partial charge on any atom is -0.340 e. The number of carbonyl (C=O) groups excluding carboxylic acids is 1. The molecule has 0 aromatic heterocycles. The molecule has 1 amide bonds. The highest BCUT2D eigenvalue weighted by Crippen LogP contribution is 2.34. The summed E-state index contributed by atoms with van der Waals surface area (Å²) in [6.07, 6.45) is 1.70.